The second-order valence-corrected chi connectivity index (χ2v) is 7.95. The molecular formula is C24H24N6O2. The van der Waals surface area contributed by atoms with Gasteiger partial charge in [0.25, 0.3) is 5.91 Å². The number of aromatic nitrogens is 5. The molecular weight excluding hydrogens is 404 g/mol. The minimum absolute atomic E-state index is 0.0749. The van der Waals surface area contributed by atoms with Crippen LogP contribution in [0.1, 0.15) is 41.6 Å². The third-order valence-electron chi connectivity index (χ3n) is 5.88. The van der Waals surface area contributed by atoms with Crippen LogP contribution in [0.4, 0.5) is 0 Å². The van der Waals surface area contributed by atoms with E-state index in [1.807, 2.05) is 51.9 Å². The molecule has 0 bridgehead atoms. The molecule has 8 nitrogen and oxygen atoms in total. The first-order valence-corrected chi connectivity index (χ1v) is 10.8. The number of hydrogen-bond acceptors (Lipinski definition) is 6. The second kappa shape index (κ2) is 8.03. The van der Waals surface area contributed by atoms with Crippen LogP contribution < -0.4 is 4.74 Å². The lowest BCUT2D eigenvalue weighted by molar-refractivity contribution is 0.0770. The van der Waals surface area contributed by atoms with Crippen LogP contribution in [0.25, 0.3) is 28.0 Å². The molecule has 3 aromatic heterocycles. The fourth-order valence-electron chi connectivity index (χ4n) is 4.25. The van der Waals surface area contributed by atoms with Gasteiger partial charge in [-0.25, -0.2) is 0 Å². The zero-order valence-corrected chi connectivity index (χ0v) is 18.4. The van der Waals surface area contributed by atoms with Crippen molar-refractivity contribution in [3.8, 4) is 28.3 Å². The number of fused-ring (bicyclic) bond motifs is 3. The molecule has 162 valence electrons. The largest absolute Gasteiger partial charge is 0.497 e. The van der Waals surface area contributed by atoms with E-state index in [0.717, 1.165) is 58.6 Å². The zero-order valence-electron chi connectivity index (χ0n) is 18.4. The van der Waals surface area contributed by atoms with Crippen molar-refractivity contribution >= 4 is 11.4 Å². The van der Waals surface area contributed by atoms with Gasteiger partial charge in [0.2, 0.25) is 5.82 Å². The van der Waals surface area contributed by atoms with Crippen LogP contribution in [-0.4, -0.2) is 49.3 Å². The topological polar surface area (TPSA) is 85.5 Å². The molecule has 0 aliphatic carbocycles. The van der Waals surface area contributed by atoms with Gasteiger partial charge in [0, 0.05) is 36.0 Å². The van der Waals surface area contributed by atoms with Crippen LogP contribution >= 0.6 is 0 Å². The van der Waals surface area contributed by atoms with Gasteiger partial charge in [-0.1, -0.05) is 25.5 Å². The molecule has 1 aliphatic heterocycles. The maximum atomic E-state index is 13.3. The Balaban J connectivity index is 1.69. The Morgan fingerprint density at radius 3 is 2.47 bits per heavy atom. The highest BCUT2D eigenvalue weighted by atomic mass is 16.5. The first kappa shape index (κ1) is 20.1. The van der Waals surface area contributed by atoms with E-state index in [1.54, 1.807) is 14.0 Å². The number of rotatable bonds is 6. The molecule has 0 fully saturated rings. The first-order chi connectivity index (χ1) is 15.6. The number of carbonyl (C=O) groups is 1. The number of pyridine rings is 1. The summed E-state index contributed by atoms with van der Waals surface area (Å²) in [5.41, 5.74) is 5.60. The molecule has 1 aliphatic rings. The lowest BCUT2D eigenvalue weighted by Gasteiger charge is -2.16. The normalized spacial score (nSPS) is 13.1. The quantitative estimate of drug-likeness (QED) is 0.463. The van der Waals surface area contributed by atoms with Gasteiger partial charge in [0.1, 0.15) is 11.4 Å². The fourth-order valence-corrected chi connectivity index (χ4v) is 4.25. The van der Waals surface area contributed by atoms with Gasteiger partial charge >= 0.3 is 0 Å². The van der Waals surface area contributed by atoms with Crippen molar-refractivity contribution in [2.45, 2.75) is 33.2 Å². The van der Waals surface area contributed by atoms with E-state index in [-0.39, 0.29) is 5.91 Å². The van der Waals surface area contributed by atoms with Crippen LogP contribution in [0.2, 0.25) is 0 Å². The summed E-state index contributed by atoms with van der Waals surface area (Å²) in [5, 5.41) is 16.4. The van der Waals surface area contributed by atoms with Gasteiger partial charge in [-0.15, -0.1) is 20.4 Å². The van der Waals surface area contributed by atoms with Gasteiger partial charge in [0.15, 0.2) is 5.82 Å². The van der Waals surface area contributed by atoms with E-state index in [4.69, 9.17) is 4.74 Å². The maximum absolute atomic E-state index is 13.3. The summed E-state index contributed by atoms with van der Waals surface area (Å²) in [5.74, 6) is 1.84. The van der Waals surface area contributed by atoms with Crippen molar-refractivity contribution in [1.29, 1.82) is 0 Å². The molecule has 0 N–H and O–H groups in total. The Labute approximate surface area is 185 Å². The third kappa shape index (κ3) is 3.28. The molecule has 4 aromatic rings. The predicted octanol–water partition coefficient (Wildman–Crippen LogP) is 3.93. The molecule has 0 unspecified atom stereocenters. The van der Waals surface area contributed by atoms with Crippen molar-refractivity contribution < 1.29 is 9.53 Å². The van der Waals surface area contributed by atoms with Crippen molar-refractivity contribution in [2.24, 2.45) is 0 Å². The molecule has 0 saturated heterocycles. The summed E-state index contributed by atoms with van der Waals surface area (Å²) < 4.78 is 7.32. The Morgan fingerprint density at radius 1 is 1.03 bits per heavy atom. The summed E-state index contributed by atoms with van der Waals surface area (Å²) in [6.07, 6.45) is 3.96. The Hall–Kier alpha value is -3.81. The van der Waals surface area contributed by atoms with Crippen LogP contribution in [0.15, 0.2) is 42.6 Å². The molecule has 1 amide bonds. The zero-order chi connectivity index (χ0) is 22.2. The van der Waals surface area contributed by atoms with Crippen LogP contribution in [-0.2, 0) is 6.54 Å². The summed E-state index contributed by atoms with van der Waals surface area (Å²) in [6.45, 7) is 5.26. The number of ether oxygens (including phenoxy) is 1. The molecule has 8 heteroatoms. The Kier molecular flexibility index (Phi) is 5.05. The van der Waals surface area contributed by atoms with Crippen molar-refractivity contribution in [3.63, 3.8) is 0 Å². The third-order valence-corrected chi connectivity index (χ3v) is 5.88. The smallest absolute Gasteiger partial charge is 0.271 e. The molecule has 5 rings (SSSR count). The highest BCUT2D eigenvalue weighted by molar-refractivity contribution is 6.04. The summed E-state index contributed by atoms with van der Waals surface area (Å²) in [6, 6.07) is 11.9. The molecule has 0 saturated carbocycles. The lowest BCUT2D eigenvalue weighted by atomic mass is 10.0. The molecule has 0 radical (unpaired) electrons. The van der Waals surface area contributed by atoms with Gasteiger partial charge in [0.05, 0.1) is 12.6 Å². The number of benzene rings is 1. The average Bonchev–Trinajstić information content (AvgIpc) is 3.31. The molecule has 0 atom stereocenters. The SMILES string of the molecule is CCCCN1Cc2c(-c3ccc(OC)cc3)c3cc(-c4nnc(C)nn4)ccn3c2C1=O. The van der Waals surface area contributed by atoms with E-state index in [9.17, 15) is 4.79 Å². The number of carbonyl (C=O) groups excluding carboxylic acids is 1. The highest BCUT2D eigenvalue weighted by Crippen LogP contribution is 2.40. The minimum atomic E-state index is 0.0749. The number of methoxy groups -OCH3 is 1. The Morgan fingerprint density at radius 2 is 1.78 bits per heavy atom. The average molecular weight is 428 g/mol. The summed E-state index contributed by atoms with van der Waals surface area (Å²) in [7, 11) is 1.65. The number of aryl methyl sites for hydroxylation is 1. The molecule has 4 heterocycles. The van der Waals surface area contributed by atoms with Gasteiger partial charge < -0.3 is 14.0 Å². The number of nitrogens with zero attached hydrogens (tertiary/aromatic N) is 6. The minimum Gasteiger partial charge on any atom is -0.497 e. The monoisotopic (exact) mass is 428 g/mol. The van der Waals surface area contributed by atoms with Gasteiger partial charge in [-0.2, -0.15) is 0 Å². The molecule has 32 heavy (non-hydrogen) atoms. The van der Waals surface area contributed by atoms with E-state index in [0.29, 0.717) is 18.2 Å². The lowest BCUT2D eigenvalue weighted by Crippen LogP contribution is -2.26. The number of unbranched alkanes of at least 4 members (excludes halogenated alkanes) is 1. The van der Waals surface area contributed by atoms with Crippen LogP contribution in [0.3, 0.4) is 0 Å². The van der Waals surface area contributed by atoms with Crippen LogP contribution in [0.5, 0.6) is 5.75 Å². The van der Waals surface area contributed by atoms with Crippen molar-refractivity contribution in [1.82, 2.24) is 29.7 Å². The highest BCUT2D eigenvalue weighted by Gasteiger charge is 2.34. The standard InChI is InChI=1S/C24H24N6O2/c1-4-5-11-29-14-19-21(16-6-8-18(32-3)9-7-16)20-13-17(23-27-25-15(2)26-28-23)10-12-30(20)22(19)24(29)31/h6-10,12-13H,4-5,11,14H2,1-3H3. The van der Waals surface area contributed by atoms with Gasteiger partial charge in [-0.05, 0) is 43.2 Å². The number of amides is 1. The Bertz CT molecular complexity index is 1300. The van der Waals surface area contributed by atoms with Crippen molar-refractivity contribution in [3.05, 3.63) is 59.7 Å². The number of hydrogen-bond donors (Lipinski definition) is 0. The summed E-state index contributed by atoms with van der Waals surface area (Å²) in [4.78, 5) is 15.2. The van der Waals surface area contributed by atoms with Crippen molar-refractivity contribution in [2.75, 3.05) is 13.7 Å². The maximum Gasteiger partial charge on any atom is 0.271 e. The van der Waals surface area contributed by atoms with E-state index < -0.39 is 0 Å². The summed E-state index contributed by atoms with van der Waals surface area (Å²) >= 11 is 0. The van der Waals surface area contributed by atoms with E-state index >= 15 is 0 Å². The van der Waals surface area contributed by atoms with E-state index in [1.165, 1.54) is 0 Å². The fraction of sp³-hybridized carbons (Fsp3) is 0.292. The first-order valence-electron chi connectivity index (χ1n) is 10.8. The molecule has 0 spiro atoms. The molecule has 1 aromatic carbocycles. The van der Waals surface area contributed by atoms with Gasteiger partial charge in [-0.3, -0.25) is 4.79 Å². The van der Waals surface area contributed by atoms with E-state index in [2.05, 4.69) is 27.3 Å². The van der Waals surface area contributed by atoms with Crippen LogP contribution in [0, 0.1) is 6.92 Å². The predicted molar refractivity (Wildman–Crippen MR) is 120 cm³/mol. The second-order valence-electron chi connectivity index (χ2n) is 7.95.